The van der Waals surface area contributed by atoms with E-state index in [-0.39, 0.29) is 0 Å². The topological polar surface area (TPSA) is 47.8 Å². The van der Waals surface area contributed by atoms with Crippen LogP contribution in [0, 0.1) is 18.3 Å². The molecule has 1 aliphatic carbocycles. The second-order valence-corrected chi connectivity index (χ2v) is 4.30. The van der Waals surface area contributed by atoms with E-state index in [0.29, 0.717) is 0 Å². The average molecular weight is 215 g/mol. The minimum atomic E-state index is 0.752. The van der Waals surface area contributed by atoms with Crippen LogP contribution in [-0.2, 0) is 0 Å². The van der Waals surface area contributed by atoms with Crippen LogP contribution < -0.4 is 10.6 Å². The Morgan fingerprint density at radius 1 is 1.38 bits per heavy atom. The fourth-order valence-corrected chi connectivity index (χ4v) is 1.67. The quantitative estimate of drug-likeness (QED) is 0.739. The van der Waals surface area contributed by atoms with Crippen molar-refractivity contribution in [2.75, 3.05) is 18.4 Å². The number of hydrogen-bond donors (Lipinski definition) is 2. The molecule has 0 bridgehead atoms. The van der Waals surface area contributed by atoms with Gasteiger partial charge in [-0.05, 0) is 43.5 Å². The zero-order valence-corrected chi connectivity index (χ0v) is 9.59. The van der Waals surface area contributed by atoms with Crippen LogP contribution in [0.5, 0.6) is 0 Å². The number of hydrogen-bond acceptors (Lipinski definition) is 3. The summed E-state index contributed by atoms with van der Waals surface area (Å²) < 4.78 is 0. The van der Waals surface area contributed by atoms with Crippen molar-refractivity contribution < 1.29 is 0 Å². The maximum absolute atomic E-state index is 8.81. The maximum atomic E-state index is 8.81. The molecule has 84 valence electrons. The van der Waals surface area contributed by atoms with Crippen LogP contribution in [0.3, 0.4) is 0 Å². The number of benzene rings is 1. The standard InChI is InChI=1S/C13H17N3/c1-10-8-13(3-2-11(10)9-14)16-7-6-15-12-4-5-12/h2-3,8,12,15-16H,4-7H2,1H3. The molecule has 1 aromatic carbocycles. The summed E-state index contributed by atoms with van der Waals surface area (Å²) in [5.41, 5.74) is 2.87. The van der Waals surface area contributed by atoms with Crippen LogP contribution in [0.1, 0.15) is 24.0 Å². The summed E-state index contributed by atoms with van der Waals surface area (Å²) in [5.74, 6) is 0. The molecule has 1 aromatic rings. The van der Waals surface area contributed by atoms with Gasteiger partial charge in [-0.15, -0.1) is 0 Å². The molecule has 3 nitrogen and oxygen atoms in total. The summed E-state index contributed by atoms with van der Waals surface area (Å²) in [7, 11) is 0. The van der Waals surface area contributed by atoms with Gasteiger partial charge in [0, 0.05) is 24.8 Å². The molecule has 0 aliphatic heterocycles. The molecular weight excluding hydrogens is 198 g/mol. The predicted molar refractivity (Wildman–Crippen MR) is 65.4 cm³/mol. The van der Waals surface area contributed by atoms with Gasteiger partial charge in [-0.2, -0.15) is 5.26 Å². The first-order valence-electron chi connectivity index (χ1n) is 5.77. The molecule has 0 heterocycles. The summed E-state index contributed by atoms with van der Waals surface area (Å²) in [6, 6.07) is 8.79. The van der Waals surface area contributed by atoms with Crippen LogP contribution in [-0.4, -0.2) is 19.1 Å². The second-order valence-electron chi connectivity index (χ2n) is 4.30. The fraction of sp³-hybridized carbons (Fsp3) is 0.462. The van der Waals surface area contributed by atoms with Crippen molar-refractivity contribution in [1.82, 2.24) is 5.32 Å². The van der Waals surface area contributed by atoms with E-state index in [1.165, 1.54) is 12.8 Å². The molecule has 0 aromatic heterocycles. The number of nitrogens with one attached hydrogen (secondary N) is 2. The van der Waals surface area contributed by atoms with Crippen molar-refractivity contribution in [3.8, 4) is 6.07 Å². The van der Waals surface area contributed by atoms with Crippen molar-refractivity contribution >= 4 is 5.69 Å². The van der Waals surface area contributed by atoms with Crippen LogP contribution in [0.4, 0.5) is 5.69 Å². The first-order chi connectivity index (χ1) is 7.79. The summed E-state index contributed by atoms with van der Waals surface area (Å²) in [5, 5.41) is 15.6. The third-order valence-corrected chi connectivity index (χ3v) is 2.81. The molecule has 0 radical (unpaired) electrons. The van der Waals surface area contributed by atoms with E-state index in [0.717, 1.165) is 35.9 Å². The monoisotopic (exact) mass is 215 g/mol. The molecule has 16 heavy (non-hydrogen) atoms. The van der Waals surface area contributed by atoms with Crippen molar-refractivity contribution in [3.05, 3.63) is 29.3 Å². The fourth-order valence-electron chi connectivity index (χ4n) is 1.67. The van der Waals surface area contributed by atoms with E-state index in [2.05, 4.69) is 16.7 Å². The second kappa shape index (κ2) is 5.00. The molecule has 0 unspecified atom stereocenters. The predicted octanol–water partition coefficient (Wildman–Crippen LogP) is 2.03. The zero-order chi connectivity index (χ0) is 11.4. The highest BCUT2D eigenvalue weighted by Gasteiger charge is 2.19. The third kappa shape index (κ3) is 2.98. The van der Waals surface area contributed by atoms with Gasteiger partial charge in [-0.1, -0.05) is 0 Å². The van der Waals surface area contributed by atoms with Crippen molar-refractivity contribution in [3.63, 3.8) is 0 Å². The highest BCUT2D eigenvalue weighted by atomic mass is 15.0. The lowest BCUT2D eigenvalue weighted by Crippen LogP contribution is -2.23. The van der Waals surface area contributed by atoms with E-state index in [1.807, 2.05) is 25.1 Å². The Bertz CT molecular complexity index is 402. The Morgan fingerprint density at radius 2 is 2.19 bits per heavy atom. The van der Waals surface area contributed by atoms with Gasteiger partial charge in [0.1, 0.15) is 0 Å². The molecule has 3 heteroatoms. The van der Waals surface area contributed by atoms with Gasteiger partial charge in [-0.25, -0.2) is 0 Å². The smallest absolute Gasteiger partial charge is 0.0994 e. The van der Waals surface area contributed by atoms with Crippen molar-refractivity contribution in [2.45, 2.75) is 25.8 Å². The third-order valence-electron chi connectivity index (χ3n) is 2.81. The van der Waals surface area contributed by atoms with E-state index < -0.39 is 0 Å². The minimum absolute atomic E-state index is 0.752. The van der Waals surface area contributed by atoms with Gasteiger partial charge < -0.3 is 10.6 Å². The Labute approximate surface area is 96.5 Å². The highest BCUT2D eigenvalue weighted by molar-refractivity contribution is 5.51. The Hall–Kier alpha value is -1.53. The maximum Gasteiger partial charge on any atom is 0.0994 e. The lowest BCUT2D eigenvalue weighted by Gasteiger charge is -2.08. The van der Waals surface area contributed by atoms with E-state index in [1.54, 1.807) is 0 Å². The van der Waals surface area contributed by atoms with Crippen LogP contribution in [0.25, 0.3) is 0 Å². The molecule has 0 saturated heterocycles. The van der Waals surface area contributed by atoms with Gasteiger partial charge >= 0.3 is 0 Å². The molecule has 2 N–H and O–H groups in total. The van der Waals surface area contributed by atoms with Crippen molar-refractivity contribution in [1.29, 1.82) is 5.26 Å². The van der Waals surface area contributed by atoms with E-state index >= 15 is 0 Å². The van der Waals surface area contributed by atoms with E-state index in [4.69, 9.17) is 5.26 Å². The lowest BCUT2D eigenvalue weighted by atomic mass is 10.1. The minimum Gasteiger partial charge on any atom is -0.384 e. The van der Waals surface area contributed by atoms with Crippen LogP contribution in [0.2, 0.25) is 0 Å². The summed E-state index contributed by atoms with van der Waals surface area (Å²) in [6.45, 7) is 3.90. The molecule has 1 fully saturated rings. The van der Waals surface area contributed by atoms with Gasteiger partial charge in [0.05, 0.1) is 11.6 Å². The van der Waals surface area contributed by atoms with Gasteiger partial charge in [0.2, 0.25) is 0 Å². The van der Waals surface area contributed by atoms with Crippen LogP contribution >= 0.6 is 0 Å². The number of rotatable bonds is 5. The number of anilines is 1. The average Bonchev–Trinajstić information content (AvgIpc) is 3.08. The van der Waals surface area contributed by atoms with E-state index in [9.17, 15) is 0 Å². The molecule has 0 spiro atoms. The van der Waals surface area contributed by atoms with Crippen LogP contribution in [0.15, 0.2) is 18.2 Å². The SMILES string of the molecule is Cc1cc(NCCNC2CC2)ccc1C#N. The highest BCUT2D eigenvalue weighted by Crippen LogP contribution is 2.18. The first kappa shape index (κ1) is 11.0. The molecule has 2 rings (SSSR count). The molecule has 0 atom stereocenters. The molecule has 0 amide bonds. The Kier molecular flexibility index (Phi) is 3.43. The Balaban J connectivity index is 1.79. The molecular formula is C13H17N3. The normalized spacial score (nSPS) is 14.5. The summed E-state index contributed by atoms with van der Waals surface area (Å²) in [6.07, 6.45) is 2.66. The van der Waals surface area contributed by atoms with Gasteiger partial charge in [0.15, 0.2) is 0 Å². The number of nitrogens with zero attached hydrogens (tertiary/aromatic N) is 1. The number of aryl methyl sites for hydroxylation is 1. The van der Waals surface area contributed by atoms with Crippen molar-refractivity contribution in [2.24, 2.45) is 0 Å². The first-order valence-corrected chi connectivity index (χ1v) is 5.77. The number of nitriles is 1. The summed E-state index contributed by atoms with van der Waals surface area (Å²) >= 11 is 0. The Morgan fingerprint density at radius 3 is 2.81 bits per heavy atom. The molecule has 1 aliphatic rings. The van der Waals surface area contributed by atoms with Gasteiger partial charge in [-0.3, -0.25) is 0 Å². The van der Waals surface area contributed by atoms with Gasteiger partial charge in [0.25, 0.3) is 0 Å². The summed E-state index contributed by atoms with van der Waals surface area (Å²) in [4.78, 5) is 0. The molecule has 1 saturated carbocycles. The largest absolute Gasteiger partial charge is 0.384 e. The zero-order valence-electron chi connectivity index (χ0n) is 9.59. The lowest BCUT2D eigenvalue weighted by molar-refractivity contribution is 0.701.